The molecule has 200 valence electrons. The lowest BCUT2D eigenvalue weighted by Crippen LogP contribution is -2.39. The van der Waals surface area contributed by atoms with Crippen LogP contribution in [0.2, 0.25) is 0 Å². The van der Waals surface area contributed by atoms with Crippen LogP contribution < -0.4 is 16.1 Å². The minimum absolute atomic E-state index is 0.0382. The van der Waals surface area contributed by atoms with E-state index in [9.17, 15) is 29.4 Å². The van der Waals surface area contributed by atoms with E-state index in [-0.39, 0.29) is 59.4 Å². The topological polar surface area (TPSA) is 169 Å². The zero-order valence-electron chi connectivity index (χ0n) is 20.3. The number of hydrogen-bond acceptors (Lipinski definition) is 8. The summed E-state index contributed by atoms with van der Waals surface area (Å²) in [7, 11) is 0. The molecule has 0 saturated heterocycles. The fraction of sp³-hybridized carbons (Fsp3) is 0.148. The number of aromatic carboxylic acids is 1. The first-order valence-corrected chi connectivity index (χ1v) is 12.1. The molecule has 1 aliphatic carbocycles. The third kappa shape index (κ3) is 6.37. The molecule has 0 unspecified atom stereocenters. The molecule has 0 atom stereocenters. The number of anilines is 1. The molecule has 2 aromatic carbocycles. The van der Waals surface area contributed by atoms with Gasteiger partial charge >= 0.3 is 11.9 Å². The molecule has 12 heteroatoms. The molecule has 1 heterocycles. The lowest BCUT2D eigenvalue weighted by atomic mass is 9.90. The summed E-state index contributed by atoms with van der Waals surface area (Å²) in [6, 6.07) is 13.4. The highest BCUT2D eigenvalue weighted by Gasteiger charge is 2.22. The number of nitrogens with zero attached hydrogens (tertiary/aromatic N) is 1. The van der Waals surface area contributed by atoms with Crippen LogP contribution in [0.1, 0.15) is 10.4 Å². The van der Waals surface area contributed by atoms with Crippen molar-refractivity contribution in [2.75, 3.05) is 31.5 Å². The fourth-order valence-electron chi connectivity index (χ4n) is 4.20. The van der Waals surface area contributed by atoms with Gasteiger partial charge in [0.1, 0.15) is 23.4 Å². The summed E-state index contributed by atoms with van der Waals surface area (Å²) >= 11 is 5.29. The molecule has 2 aromatic rings. The van der Waals surface area contributed by atoms with Crippen LogP contribution in [0, 0.1) is 0 Å². The molecule has 0 saturated carbocycles. The molecule has 2 aliphatic rings. The summed E-state index contributed by atoms with van der Waals surface area (Å²) in [5.41, 5.74) is 1.73. The van der Waals surface area contributed by atoms with Crippen molar-refractivity contribution in [3.05, 3.63) is 70.4 Å². The van der Waals surface area contributed by atoms with Gasteiger partial charge in [-0.25, -0.2) is 4.79 Å². The average molecular weight is 550 g/mol. The second kappa shape index (κ2) is 11.7. The fourth-order valence-corrected chi connectivity index (χ4v) is 4.42. The van der Waals surface area contributed by atoms with Gasteiger partial charge in [-0.05, 0) is 54.2 Å². The van der Waals surface area contributed by atoms with Gasteiger partial charge in [0.05, 0.1) is 18.7 Å². The average Bonchev–Trinajstić information content (AvgIpc) is 2.87. The van der Waals surface area contributed by atoms with Gasteiger partial charge in [0.25, 0.3) is 0 Å². The molecular weight excluding hydrogens is 526 g/mol. The third-order valence-electron chi connectivity index (χ3n) is 5.86. The molecule has 5 N–H and O–H groups in total. The lowest BCUT2D eigenvalue weighted by molar-refractivity contribution is -0.138. The number of nitrogens with one attached hydrogen (secondary N) is 2. The lowest BCUT2D eigenvalue weighted by Gasteiger charge is -2.19. The Labute approximate surface area is 226 Å². The number of carboxylic acid groups (broad SMARTS) is 2. The van der Waals surface area contributed by atoms with Gasteiger partial charge in [-0.3, -0.25) is 14.5 Å². The molecule has 0 amide bonds. The standard InChI is InChI=1S/C27H23N3O8S/c31-10-9-30(14-24(34)35)8-7-28-27(39)29-15-1-4-18(21(11-15)26(36)37)25-19-5-2-16(32)12-22(19)38-23-13-17(33)3-6-20(23)25/h1-6,10-13,32H,7-9,14H2,(H,34,35)(H,36,37)(H2,28,29,39). The van der Waals surface area contributed by atoms with Crippen molar-refractivity contribution < 1.29 is 34.1 Å². The summed E-state index contributed by atoms with van der Waals surface area (Å²) in [5, 5.41) is 35.5. The number of fused-ring (bicyclic) bond motifs is 2. The molecular formula is C27H23N3O8S. The van der Waals surface area contributed by atoms with Crippen molar-refractivity contribution in [1.29, 1.82) is 0 Å². The van der Waals surface area contributed by atoms with Crippen molar-refractivity contribution in [3.8, 4) is 28.2 Å². The zero-order chi connectivity index (χ0) is 28.1. The molecule has 11 nitrogen and oxygen atoms in total. The predicted octanol–water partition coefficient (Wildman–Crippen LogP) is 2.84. The molecule has 0 spiro atoms. The number of carbonyl (C=O) groups excluding carboxylic acids is 1. The Morgan fingerprint density at radius 2 is 1.79 bits per heavy atom. The van der Waals surface area contributed by atoms with Crippen molar-refractivity contribution in [1.82, 2.24) is 10.2 Å². The number of phenols is 1. The monoisotopic (exact) mass is 549 g/mol. The first-order valence-electron chi connectivity index (χ1n) is 11.7. The van der Waals surface area contributed by atoms with E-state index in [1.807, 2.05) is 0 Å². The van der Waals surface area contributed by atoms with Gasteiger partial charge in [-0.2, -0.15) is 0 Å². The van der Waals surface area contributed by atoms with Crippen LogP contribution in [0.4, 0.5) is 5.69 Å². The van der Waals surface area contributed by atoms with Gasteiger partial charge in [0.2, 0.25) is 0 Å². The molecule has 0 radical (unpaired) electrons. The number of aromatic hydroxyl groups is 1. The van der Waals surface area contributed by atoms with E-state index in [1.165, 1.54) is 35.2 Å². The molecule has 0 aromatic heterocycles. The van der Waals surface area contributed by atoms with E-state index >= 15 is 0 Å². The van der Waals surface area contributed by atoms with Crippen LogP contribution in [0.15, 0.2) is 63.8 Å². The van der Waals surface area contributed by atoms with Crippen molar-refractivity contribution in [2.24, 2.45) is 0 Å². The van der Waals surface area contributed by atoms with Gasteiger partial charge in [-0.15, -0.1) is 0 Å². The molecule has 0 fully saturated rings. The van der Waals surface area contributed by atoms with E-state index in [0.29, 0.717) is 34.1 Å². The summed E-state index contributed by atoms with van der Waals surface area (Å²) < 4.78 is 5.84. The number of hydrogen-bond donors (Lipinski definition) is 5. The third-order valence-corrected chi connectivity index (χ3v) is 6.11. The maximum Gasteiger partial charge on any atom is 0.336 e. The number of rotatable bonds is 10. The Morgan fingerprint density at radius 1 is 1.03 bits per heavy atom. The number of aldehydes is 1. The van der Waals surface area contributed by atoms with Crippen LogP contribution >= 0.6 is 12.2 Å². The summed E-state index contributed by atoms with van der Waals surface area (Å²) in [5.74, 6) is -2.07. The molecule has 39 heavy (non-hydrogen) atoms. The van der Waals surface area contributed by atoms with Gasteiger partial charge < -0.3 is 35.2 Å². The second-order valence-corrected chi connectivity index (χ2v) is 8.97. The van der Waals surface area contributed by atoms with Gasteiger partial charge in [0, 0.05) is 47.4 Å². The van der Waals surface area contributed by atoms with Crippen molar-refractivity contribution in [2.45, 2.75) is 0 Å². The predicted molar refractivity (Wildman–Crippen MR) is 148 cm³/mol. The van der Waals surface area contributed by atoms with Gasteiger partial charge in [-0.1, -0.05) is 6.07 Å². The number of phenolic OH excluding ortho intramolecular Hbond substituents is 1. The van der Waals surface area contributed by atoms with Crippen LogP contribution in [0.5, 0.6) is 5.75 Å². The SMILES string of the molecule is O=CCN(CCNC(=S)Nc1ccc(-c2c3ccc(=O)cc-3oc3cc(O)ccc23)c(C(=O)O)c1)CC(=O)O. The number of thiocarbonyl (C=S) groups is 1. The minimum Gasteiger partial charge on any atom is -0.508 e. The van der Waals surface area contributed by atoms with Crippen molar-refractivity contribution in [3.63, 3.8) is 0 Å². The van der Waals surface area contributed by atoms with Crippen LogP contribution in [-0.4, -0.2) is 69.7 Å². The Kier molecular flexibility index (Phi) is 8.18. The van der Waals surface area contributed by atoms with Gasteiger partial charge in [0.15, 0.2) is 10.5 Å². The van der Waals surface area contributed by atoms with Crippen LogP contribution in [-0.2, 0) is 9.59 Å². The van der Waals surface area contributed by atoms with E-state index < -0.39 is 11.9 Å². The highest BCUT2D eigenvalue weighted by Crippen LogP contribution is 2.42. The van der Waals surface area contributed by atoms with Crippen LogP contribution in [0.25, 0.3) is 33.4 Å². The Morgan fingerprint density at radius 3 is 2.51 bits per heavy atom. The summed E-state index contributed by atoms with van der Waals surface area (Å²) in [4.78, 5) is 47.4. The first-order chi connectivity index (χ1) is 18.7. The van der Waals surface area contributed by atoms with E-state index in [0.717, 1.165) is 0 Å². The van der Waals surface area contributed by atoms with E-state index in [2.05, 4.69) is 10.6 Å². The molecule has 1 aliphatic heterocycles. The summed E-state index contributed by atoms with van der Waals surface area (Å²) in [6.45, 7) is 0.155. The van der Waals surface area contributed by atoms with Crippen LogP contribution in [0.3, 0.4) is 0 Å². The Bertz CT molecular complexity index is 1620. The zero-order valence-corrected chi connectivity index (χ0v) is 21.2. The number of benzene rings is 3. The van der Waals surface area contributed by atoms with Crippen molar-refractivity contribution >= 4 is 52.2 Å². The van der Waals surface area contributed by atoms with E-state index in [1.54, 1.807) is 24.3 Å². The summed E-state index contributed by atoms with van der Waals surface area (Å²) in [6.07, 6.45) is 0.615. The Balaban J connectivity index is 1.64. The maximum absolute atomic E-state index is 12.3. The maximum atomic E-state index is 12.3. The Hall–Kier alpha value is -4.81. The number of aliphatic carboxylic acids is 1. The number of carbonyl (C=O) groups is 3. The highest BCUT2D eigenvalue weighted by atomic mass is 32.1. The minimum atomic E-state index is -1.20. The molecule has 4 rings (SSSR count). The second-order valence-electron chi connectivity index (χ2n) is 8.56. The van der Waals surface area contributed by atoms with E-state index in [4.69, 9.17) is 21.7 Å². The quantitative estimate of drug-likeness (QED) is 0.112. The normalized spacial score (nSPS) is 11.0. The smallest absolute Gasteiger partial charge is 0.336 e. The first kappa shape index (κ1) is 27.2. The number of carboxylic acids is 2. The molecule has 0 bridgehead atoms. The largest absolute Gasteiger partial charge is 0.508 e. The highest BCUT2D eigenvalue weighted by molar-refractivity contribution is 7.80.